The van der Waals surface area contributed by atoms with E-state index in [1.807, 2.05) is 72.2 Å². The first kappa shape index (κ1) is 27.7. The molecule has 0 radical (unpaired) electrons. The van der Waals surface area contributed by atoms with Crippen LogP contribution in [-0.2, 0) is 20.9 Å². The number of thiophene rings is 1. The third-order valence-corrected chi connectivity index (χ3v) is 10.2. The minimum Gasteiger partial charge on any atom is -0.507 e. The molecule has 4 aromatic rings. The summed E-state index contributed by atoms with van der Waals surface area (Å²) in [6.45, 7) is 2.98. The fourth-order valence-corrected chi connectivity index (χ4v) is 8.02. The normalized spacial score (nSPS) is 23.7. The highest BCUT2D eigenvalue weighted by atomic mass is 32.1. The molecular weight excluding hydrogens is 556 g/mol. The summed E-state index contributed by atoms with van der Waals surface area (Å²) in [7, 11) is 0. The van der Waals surface area contributed by atoms with E-state index in [4.69, 9.17) is 4.74 Å². The van der Waals surface area contributed by atoms with Crippen LogP contribution >= 0.6 is 11.3 Å². The Morgan fingerprint density at radius 1 is 1.02 bits per heavy atom. The molecule has 2 fully saturated rings. The molecule has 43 heavy (non-hydrogen) atoms. The number of aromatic nitrogens is 1. The van der Waals surface area contributed by atoms with Gasteiger partial charge in [0.15, 0.2) is 0 Å². The van der Waals surface area contributed by atoms with Gasteiger partial charge in [0.2, 0.25) is 11.8 Å². The van der Waals surface area contributed by atoms with Crippen LogP contribution in [0.5, 0.6) is 5.75 Å². The molecule has 1 aliphatic carbocycles. The number of benzene rings is 2. The molecule has 0 bridgehead atoms. The van der Waals surface area contributed by atoms with E-state index in [2.05, 4.69) is 18.0 Å². The minimum atomic E-state index is -0.336. The Kier molecular flexibility index (Phi) is 7.45. The van der Waals surface area contributed by atoms with Crippen LogP contribution in [0.4, 0.5) is 0 Å². The number of hydrogen-bond donors (Lipinski definition) is 1. The van der Waals surface area contributed by atoms with Crippen LogP contribution in [-0.4, -0.2) is 39.5 Å². The molecule has 0 unspecified atom stereocenters. The summed E-state index contributed by atoms with van der Waals surface area (Å²) in [6.07, 6.45) is 6.86. The number of amides is 2. The minimum absolute atomic E-state index is 0.0293. The van der Waals surface area contributed by atoms with Gasteiger partial charge in [0.05, 0.1) is 36.8 Å². The standard InChI is InChI=1S/C36H34N2O4S/c1-2-22-19-28-34(36(41)38(35(28)40)20-25-8-7-17-43-25)29-21-42-32(33(22)29)15-13-24(30-11-5-6-16-37-30)18-23-12-14-31(39)27-10-4-3-9-26(23)27/h3-12,14,16-18,28-29,32,34,39H,2,13,15,19-21H2,1H3/b24-18-/t28-,29+,32-,34-/m1/s1. The van der Waals surface area contributed by atoms with E-state index in [1.54, 1.807) is 17.4 Å². The number of likely N-dealkylation sites (tertiary alicyclic amines) is 1. The highest BCUT2D eigenvalue weighted by molar-refractivity contribution is 7.09. The molecule has 6 nitrogen and oxygen atoms in total. The molecular formula is C36H34N2O4S. The van der Waals surface area contributed by atoms with Crippen LogP contribution in [0, 0.1) is 17.8 Å². The highest BCUT2D eigenvalue weighted by Crippen LogP contribution is 2.51. The van der Waals surface area contributed by atoms with Gasteiger partial charge in [0.25, 0.3) is 0 Å². The molecule has 4 heterocycles. The van der Waals surface area contributed by atoms with Crippen molar-refractivity contribution in [2.24, 2.45) is 17.8 Å². The van der Waals surface area contributed by atoms with Crippen molar-refractivity contribution >= 4 is 45.6 Å². The Morgan fingerprint density at radius 3 is 2.63 bits per heavy atom. The van der Waals surface area contributed by atoms with Gasteiger partial charge in [-0.05, 0) is 83.5 Å². The Balaban J connectivity index is 1.17. The van der Waals surface area contributed by atoms with Crippen molar-refractivity contribution in [3.8, 4) is 5.75 Å². The van der Waals surface area contributed by atoms with Gasteiger partial charge in [-0.25, -0.2) is 0 Å². The lowest BCUT2D eigenvalue weighted by Gasteiger charge is -2.31. The quantitative estimate of drug-likeness (QED) is 0.173. The number of aromatic hydroxyl groups is 1. The first-order chi connectivity index (χ1) is 21.0. The predicted molar refractivity (Wildman–Crippen MR) is 169 cm³/mol. The molecule has 4 atom stereocenters. The van der Waals surface area contributed by atoms with Crippen LogP contribution in [0.1, 0.15) is 48.7 Å². The molecule has 3 aliphatic rings. The predicted octanol–water partition coefficient (Wildman–Crippen LogP) is 7.25. The molecule has 2 aliphatic heterocycles. The number of carbonyl (C=O) groups is 2. The summed E-state index contributed by atoms with van der Waals surface area (Å²) in [4.78, 5) is 34.4. The maximum absolute atomic E-state index is 13.7. The maximum Gasteiger partial charge on any atom is 0.234 e. The first-order valence-corrected chi connectivity index (χ1v) is 15.9. The van der Waals surface area contributed by atoms with Gasteiger partial charge in [-0.15, -0.1) is 11.3 Å². The van der Waals surface area contributed by atoms with Crippen molar-refractivity contribution in [3.63, 3.8) is 0 Å². The topological polar surface area (TPSA) is 79.7 Å². The summed E-state index contributed by atoms with van der Waals surface area (Å²) < 4.78 is 6.47. The number of pyridine rings is 1. The fraction of sp³-hybridized carbons (Fsp3) is 0.306. The summed E-state index contributed by atoms with van der Waals surface area (Å²) in [5.41, 5.74) is 5.54. The van der Waals surface area contributed by atoms with Crippen molar-refractivity contribution < 1.29 is 19.4 Å². The van der Waals surface area contributed by atoms with Crippen molar-refractivity contribution in [3.05, 3.63) is 106 Å². The zero-order valence-corrected chi connectivity index (χ0v) is 24.9. The number of ether oxygens (including phenoxy) is 1. The van der Waals surface area contributed by atoms with Crippen molar-refractivity contribution in [2.75, 3.05) is 6.61 Å². The fourth-order valence-electron chi connectivity index (χ4n) is 7.32. The Bertz CT molecular complexity index is 1740. The van der Waals surface area contributed by atoms with Crippen LogP contribution in [0.3, 0.4) is 0 Å². The summed E-state index contributed by atoms with van der Waals surface area (Å²) in [6, 6.07) is 21.5. The van der Waals surface area contributed by atoms with E-state index in [0.717, 1.165) is 51.7 Å². The Hall–Kier alpha value is -4.07. The van der Waals surface area contributed by atoms with E-state index in [-0.39, 0.29) is 41.4 Å². The number of phenolic OH excluding ortho intramolecular Hbond substituents is 1. The lowest BCUT2D eigenvalue weighted by atomic mass is 9.69. The second-order valence-electron chi connectivity index (χ2n) is 11.7. The largest absolute Gasteiger partial charge is 0.507 e. The number of imide groups is 1. The Morgan fingerprint density at radius 2 is 1.86 bits per heavy atom. The number of allylic oxidation sites excluding steroid dienone is 2. The van der Waals surface area contributed by atoms with Gasteiger partial charge in [0, 0.05) is 22.4 Å². The second kappa shape index (κ2) is 11.5. The first-order valence-electron chi connectivity index (χ1n) is 15.1. The lowest BCUT2D eigenvalue weighted by molar-refractivity contribution is -0.140. The van der Waals surface area contributed by atoms with Gasteiger partial charge < -0.3 is 9.84 Å². The van der Waals surface area contributed by atoms with E-state index >= 15 is 0 Å². The van der Waals surface area contributed by atoms with E-state index in [1.165, 1.54) is 16.0 Å². The molecule has 1 N–H and O–H groups in total. The number of phenols is 1. The molecule has 2 amide bonds. The SMILES string of the molecule is CCC1=C2[C@@H](CC/C(=C/c3ccc(O)c4ccccc34)c3ccccn3)OC[C@@H]2[C@@H]2C(=O)N(Cc3cccs3)C(=O)[C@@H]2C1. The number of carbonyl (C=O) groups excluding carboxylic acids is 2. The third kappa shape index (κ3) is 5.00. The van der Waals surface area contributed by atoms with Crippen molar-refractivity contribution in [2.45, 2.75) is 45.3 Å². The van der Waals surface area contributed by atoms with E-state index in [9.17, 15) is 14.7 Å². The molecule has 7 rings (SSSR count). The molecule has 2 aromatic heterocycles. The van der Waals surface area contributed by atoms with Crippen LogP contribution in [0.25, 0.3) is 22.4 Å². The monoisotopic (exact) mass is 590 g/mol. The summed E-state index contributed by atoms with van der Waals surface area (Å²) in [5, 5.41) is 14.2. The Labute approximate surface area is 255 Å². The number of rotatable bonds is 8. The zero-order chi connectivity index (χ0) is 29.5. The van der Waals surface area contributed by atoms with E-state index in [0.29, 0.717) is 19.6 Å². The molecule has 7 heteroatoms. The van der Waals surface area contributed by atoms with Gasteiger partial charge in [-0.3, -0.25) is 19.5 Å². The van der Waals surface area contributed by atoms with E-state index < -0.39 is 0 Å². The number of fused-ring (bicyclic) bond motifs is 4. The second-order valence-corrected chi connectivity index (χ2v) is 12.7. The molecule has 0 saturated carbocycles. The third-order valence-electron chi connectivity index (χ3n) is 9.35. The average molecular weight is 591 g/mol. The van der Waals surface area contributed by atoms with Crippen LogP contribution < -0.4 is 0 Å². The van der Waals surface area contributed by atoms with Crippen molar-refractivity contribution in [1.82, 2.24) is 9.88 Å². The summed E-state index contributed by atoms with van der Waals surface area (Å²) >= 11 is 1.58. The van der Waals surface area contributed by atoms with Crippen LogP contribution in [0.2, 0.25) is 0 Å². The molecule has 2 saturated heterocycles. The van der Waals surface area contributed by atoms with Crippen molar-refractivity contribution in [1.29, 1.82) is 0 Å². The lowest BCUT2D eigenvalue weighted by Crippen LogP contribution is -2.34. The number of nitrogens with zero attached hydrogens (tertiary/aromatic N) is 2. The smallest absolute Gasteiger partial charge is 0.234 e. The summed E-state index contributed by atoms with van der Waals surface area (Å²) in [5.74, 6) is -0.480. The van der Waals surface area contributed by atoms with Gasteiger partial charge in [0.1, 0.15) is 5.75 Å². The van der Waals surface area contributed by atoms with Crippen LogP contribution in [0.15, 0.2) is 89.5 Å². The molecule has 0 spiro atoms. The zero-order valence-electron chi connectivity index (χ0n) is 24.1. The van der Waals surface area contributed by atoms with Gasteiger partial charge in [-0.2, -0.15) is 0 Å². The molecule has 218 valence electrons. The average Bonchev–Trinajstić information content (AvgIpc) is 3.77. The number of hydrogen-bond acceptors (Lipinski definition) is 6. The molecule has 2 aromatic carbocycles. The van der Waals surface area contributed by atoms with Gasteiger partial charge in [-0.1, -0.05) is 55.0 Å². The highest BCUT2D eigenvalue weighted by Gasteiger charge is 2.56. The van der Waals surface area contributed by atoms with Gasteiger partial charge >= 0.3 is 0 Å². The maximum atomic E-state index is 13.7.